The summed E-state index contributed by atoms with van der Waals surface area (Å²) in [7, 11) is 0. The Balaban J connectivity index is 1.73. The highest BCUT2D eigenvalue weighted by Crippen LogP contribution is 2.74. The van der Waals surface area contributed by atoms with Crippen LogP contribution in [-0.4, -0.2) is 33.9 Å². The van der Waals surface area contributed by atoms with E-state index in [0.29, 0.717) is 25.7 Å². The van der Waals surface area contributed by atoms with Crippen molar-refractivity contribution in [3.63, 3.8) is 0 Å². The lowest BCUT2D eigenvalue weighted by Crippen LogP contribution is -2.45. The van der Waals surface area contributed by atoms with Crippen LogP contribution < -0.4 is 0 Å². The van der Waals surface area contributed by atoms with Crippen LogP contribution in [0.4, 0.5) is 0 Å². The number of hydrogen-bond donors (Lipinski definition) is 2. The van der Waals surface area contributed by atoms with Gasteiger partial charge in [0.1, 0.15) is 6.10 Å². The van der Waals surface area contributed by atoms with Crippen LogP contribution in [0.5, 0.6) is 0 Å². The summed E-state index contributed by atoms with van der Waals surface area (Å²) >= 11 is 0. The molecule has 1 aliphatic heterocycles. The lowest BCUT2D eigenvalue weighted by molar-refractivity contribution is -0.156. The van der Waals surface area contributed by atoms with Gasteiger partial charge < -0.3 is 14.9 Å². The number of carboxylic acid groups (broad SMARTS) is 1. The molecule has 7 unspecified atom stereocenters. The lowest BCUT2D eigenvalue weighted by atomic mass is 9.61. The highest BCUT2D eigenvalue weighted by Gasteiger charge is 2.73. The third-order valence-corrected chi connectivity index (χ3v) is 7.76. The fourth-order valence-electron chi connectivity index (χ4n) is 6.87. The smallest absolute Gasteiger partial charge is 0.313 e. The molecule has 1 heterocycles. The zero-order valence-electron chi connectivity index (χ0n) is 13.7. The van der Waals surface area contributed by atoms with Crippen molar-refractivity contribution in [3.8, 4) is 0 Å². The average Bonchev–Trinajstić information content (AvgIpc) is 2.97. The first-order valence-electron chi connectivity index (χ1n) is 8.77. The van der Waals surface area contributed by atoms with Crippen LogP contribution in [0, 0.1) is 28.6 Å². The van der Waals surface area contributed by atoms with Gasteiger partial charge in [-0.3, -0.25) is 9.59 Å². The minimum absolute atomic E-state index is 0.111. The molecule has 5 heteroatoms. The molecule has 0 aromatic heterocycles. The number of esters is 1. The standard InChI is InChI=1S/C19H22O5/c1-9-6-18-8-19(9,23)4-3-12(18)11-5-10-7-17(2,16(22)24-10)13(11)14(18)15(20)21/h5,10,12-14,23H,1,3-4,6-8H2,2H3,(H,20,21). The molecule has 0 aromatic carbocycles. The van der Waals surface area contributed by atoms with Gasteiger partial charge in [0.05, 0.1) is 16.9 Å². The maximum absolute atomic E-state index is 12.5. The second kappa shape index (κ2) is 3.96. The predicted octanol–water partition coefficient (Wildman–Crippen LogP) is 2.06. The lowest BCUT2D eigenvalue weighted by Gasteiger charge is -2.41. The fraction of sp³-hybridized carbons (Fsp3) is 0.684. The number of fused-ring (bicyclic) bond motifs is 6. The maximum Gasteiger partial charge on any atom is 0.313 e. The van der Waals surface area contributed by atoms with Gasteiger partial charge in [0, 0.05) is 12.3 Å². The third kappa shape index (κ3) is 1.38. The van der Waals surface area contributed by atoms with Crippen LogP contribution in [0.2, 0.25) is 0 Å². The molecule has 4 aliphatic carbocycles. The molecule has 4 fully saturated rings. The first-order valence-corrected chi connectivity index (χ1v) is 8.77. The van der Waals surface area contributed by atoms with E-state index in [1.165, 1.54) is 0 Å². The number of carbonyl (C=O) groups is 2. The number of carboxylic acids is 1. The summed E-state index contributed by atoms with van der Waals surface area (Å²) < 4.78 is 5.48. The van der Waals surface area contributed by atoms with Gasteiger partial charge in [-0.1, -0.05) is 12.2 Å². The van der Waals surface area contributed by atoms with Gasteiger partial charge in [0.25, 0.3) is 0 Å². The molecule has 2 N–H and O–H groups in total. The van der Waals surface area contributed by atoms with E-state index < -0.39 is 28.3 Å². The molecule has 4 bridgehead atoms. The summed E-state index contributed by atoms with van der Waals surface area (Å²) in [5.74, 6) is -1.99. The highest BCUT2D eigenvalue weighted by molar-refractivity contribution is 5.84. The SMILES string of the molecule is C=C1CC23CC1(O)CCC2C1=CC2CC(C)(C(=O)O2)C1C3C(=O)O. The number of ether oxygens (including phenoxy) is 1. The van der Waals surface area contributed by atoms with Crippen LogP contribution in [0.3, 0.4) is 0 Å². The molecular weight excluding hydrogens is 308 g/mol. The van der Waals surface area contributed by atoms with Crippen molar-refractivity contribution in [1.29, 1.82) is 0 Å². The Morgan fingerprint density at radius 3 is 2.92 bits per heavy atom. The zero-order chi connectivity index (χ0) is 17.1. The minimum Gasteiger partial charge on any atom is -0.481 e. The molecule has 5 aliphatic rings. The highest BCUT2D eigenvalue weighted by atomic mass is 16.6. The van der Waals surface area contributed by atoms with E-state index in [-0.39, 0.29) is 23.9 Å². The molecule has 7 atom stereocenters. The van der Waals surface area contributed by atoms with Gasteiger partial charge in [0.2, 0.25) is 0 Å². The molecular formula is C19H22O5. The van der Waals surface area contributed by atoms with Crippen molar-refractivity contribution in [2.24, 2.45) is 28.6 Å². The van der Waals surface area contributed by atoms with E-state index >= 15 is 0 Å². The third-order valence-electron chi connectivity index (χ3n) is 7.76. The molecule has 0 aromatic rings. The van der Waals surface area contributed by atoms with Crippen LogP contribution in [-0.2, 0) is 14.3 Å². The normalized spacial score (nSPS) is 54.2. The largest absolute Gasteiger partial charge is 0.481 e. The summed E-state index contributed by atoms with van der Waals surface area (Å²) in [5, 5.41) is 21.0. The Labute approximate surface area is 140 Å². The van der Waals surface area contributed by atoms with Crippen molar-refractivity contribution in [1.82, 2.24) is 0 Å². The van der Waals surface area contributed by atoms with Gasteiger partial charge in [-0.05, 0) is 55.6 Å². The maximum atomic E-state index is 12.5. The number of aliphatic carboxylic acids is 1. The Bertz CT molecular complexity index is 738. The molecule has 1 saturated heterocycles. The van der Waals surface area contributed by atoms with Crippen LogP contribution in [0.1, 0.15) is 39.0 Å². The summed E-state index contributed by atoms with van der Waals surface area (Å²) in [6, 6.07) is 0. The van der Waals surface area contributed by atoms with Gasteiger partial charge >= 0.3 is 11.9 Å². The van der Waals surface area contributed by atoms with E-state index in [2.05, 4.69) is 6.58 Å². The second-order valence-electron chi connectivity index (χ2n) is 8.84. The van der Waals surface area contributed by atoms with Crippen molar-refractivity contribution < 1.29 is 24.5 Å². The number of allylic oxidation sites excluding steroid dienone is 1. The molecule has 0 amide bonds. The van der Waals surface area contributed by atoms with Gasteiger partial charge in [-0.25, -0.2) is 0 Å². The Kier molecular flexibility index (Phi) is 2.42. The number of carbonyl (C=O) groups excluding carboxylic acids is 1. The molecule has 5 nitrogen and oxygen atoms in total. The van der Waals surface area contributed by atoms with Gasteiger partial charge in [-0.15, -0.1) is 0 Å². The number of hydrogen-bond acceptors (Lipinski definition) is 4. The zero-order valence-corrected chi connectivity index (χ0v) is 13.7. The van der Waals surface area contributed by atoms with E-state index in [4.69, 9.17) is 4.74 Å². The molecule has 5 rings (SSSR count). The predicted molar refractivity (Wildman–Crippen MR) is 83.8 cm³/mol. The monoisotopic (exact) mass is 330 g/mol. The molecule has 1 spiro atoms. The van der Waals surface area contributed by atoms with Crippen molar-refractivity contribution >= 4 is 11.9 Å². The van der Waals surface area contributed by atoms with Crippen LogP contribution in [0.15, 0.2) is 23.8 Å². The van der Waals surface area contributed by atoms with Gasteiger partial charge in [0.15, 0.2) is 0 Å². The quantitative estimate of drug-likeness (QED) is 0.568. The van der Waals surface area contributed by atoms with Crippen molar-refractivity contribution in [2.75, 3.05) is 0 Å². The minimum atomic E-state index is -0.932. The van der Waals surface area contributed by atoms with E-state index in [0.717, 1.165) is 17.6 Å². The first kappa shape index (κ1) is 14.7. The summed E-state index contributed by atoms with van der Waals surface area (Å²) in [6.45, 7) is 5.93. The Morgan fingerprint density at radius 2 is 2.21 bits per heavy atom. The fourth-order valence-corrected chi connectivity index (χ4v) is 6.87. The summed E-state index contributed by atoms with van der Waals surface area (Å²) in [6.07, 6.45) is 4.78. The van der Waals surface area contributed by atoms with E-state index in [9.17, 15) is 19.8 Å². The Morgan fingerprint density at radius 1 is 1.46 bits per heavy atom. The van der Waals surface area contributed by atoms with E-state index in [1.807, 2.05) is 13.0 Å². The topological polar surface area (TPSA) is 83.8 Å². The van der Waals surface area contributed by atoms with E-state index in [1.54, 1.807) is 0 Å². The van der Waals surface area contributed by atoms with Crippen molar-refractivity contribution in [3.05, 3.63) is 23.8 Å². The van der Waals surface area contributed by atoms with Crippen LogP contribution in [0.25, 0.3) is 0 Å². The number of aliphatic hydroxyl groups is 1. The molecule has 3 saturated carbocycles. The molecule has 128 valence electrons. The first-order chi connectivity index (χ1) is 11.2. The molecule has 24 heavy (non-hydrogen) atoms. The average molecular weight is 330 g/mol. The second-order valence-corrected chi connectivity index (χ2v) is 8.84. The number of rotatable bonds is 1. The van der Waals surface area contributed by atoms with Crippen LogP contribution >= 0.6 is 0 Å². The Hall–Kier alpha value is -1.62. The summed E-state index contributed by atoms with van der Waals surface area (Å²) in [5.41, 5.74) is -0.317. The summed E-state index contributed by atoms with van der Waals surface area (Å²) in [4.78, 5) is 24.8. The van der Waals surface area contributed by atoms with Gasteiger partial charge in [-0.2, -0.15) is 0 Å². The van der Waals surface area contributed by atoms with Crippen molar-refractivity contribution in [2.45, 2.75) is 50.7 Å². The molecule has 0 radical (unpaired) electrons.